The van der Waals surface area contributed by atoms with Crippen molar-refractivity contribution in [1.29, 1.82) is 0 Å². The number of nitrogens with one attached hydrogen (secondary N) is 1. The number of thioether (sulfide) groups is 1. The predicted molar refractivity (Wildman–Crippen MR) is 85.9 cm³/mol. The zero-order chi connectivity index (χ0) is 14.5. The Hall–Kier alpha value is -1.18. The first kappa shape index (κ1) is 14.7. The molecule has 112 valence electrons. The summed E-state index contributed by atoms with van der Waals surface area (Å²) >= 11 is 3.30. The van der Waals surface area contributed by atoms with Crippen molar-refractivity contribution in [2.45, 2.75) is 35.5 Å². The average molecular weight is 322 g/mol. The van der Waals surface area contributed by atoms with E-state index >= 15 is 0 Å². The quantitative estimate of drug-likeness (QED) is 0.823. The van der Waals surface area contributed by atoms with Gasteiger partial charge in [0.15, 0.2) is 4.34 Å². The van der Waals surface area contributed by atoms with Gasteiger partial charge in [0.2, 0.25) is 5.13 Å². The number of hydrogen-bond acceptors (Lipinski definition) is 7. The van der Waals surface area contributed by atoms with E-state index in [-0.39, 0.29) is 0 Å². The number of anilines is 1. The Morgan fingerprint density at radius 2 is 2.48 bits per heavy atom. The van der Waals surface area contributed by atoms with Crippen LogP contribution in [-0.2, 0) is 4.74 Å². The van der Waals surface area contributed by atoms with Crippen LogP contribution in [0.2, 0.25) is 0 Å². The molecule has 5 nitrogen and oxygen atoms in total. The molecular weight excluding hydrogens is 304 g/mol. The van der Waals surface area contributed by atoms with Crippen LogP contribution in [0.1, 0.15) is 30.6 Å². The monoisotopic (exact) mass is 322 g/mol. The van der Waals surface area contributed by atoms with Crippen molar-refractivity contribution in [3.05, 3.63) is 30.1 Å². The Morgan fingerprint density at radius 1 is 1.52 bits per heavy atom. The number of nitrogens with zero attached hydrogens (tertiary/aromatic N) is 3. The van der Waals surface area contributed by atoms with Crippen molar-refractivity contribution in [3.8, 4) is 0 Å². The van der Waals surface area contributed by atoms with E-state index in [1.807, 2.05) is 12.3 Å². The van der Waals surface area contributed by atoms with Gasteiger partial charge in [-0.05, 0) is 31.4 Å². The Kier molecular flexibility index (Phi) is 5.05. The molecule has 2 atom stereocenters. The highest BCUT2D eigenvalue weighted by atomic mass is 32.2. The molecule has 0 radical (unpaired) electrons. The second-order valence-electron chi connectivity index (χ2n) is 4.94. The van der Waals surface area contributed by atoms with E-state index < -0.39 is 0 Å². The molecule has 0 unspecified atom stereocenters. The van der Waals surface area contributed by atoms with Gasteiger partial charge >= 0.3 is 0 Å². The summed E-state index contributed by atoms with van der Waals surface area (Å²) in [4.78, 5) is 4.15. The van der Waals surface area contributed by atoms with E-state index in [1.54, 1.807) is 29.3 Å². The highest BCUT2D eigenvalue weighted by Gasteiger charge is 2.16. The summed E-state index contributed by atoms with van der Waals surface area (Å²) in [5, 5.41) is 12.9. The minimum atomic E-state index is 0.317. The lowest BCUT2D eigenvalue weighted by atomic mass is 10.2. The summed E-state index contributed by atoms with van der Waals surface area (Å²) in [5.41, 5.74) is 1.20. The van der Waals surface area contributed by atoms with Gasteiger partial charge in [0.05, 0.1) is 6.10 Å². The third-order valence-corrected chi connectivity index (χ3v) is 5.47. The number of hydrogen-bond donors (Lipinski definition) is 1. The zero-order valence-electron chi connectivity index (χ0n) is 11.9. The number of ether oxygens (including phenoxy) is 1. The highest BCUT2D eigenvalue weighted by Crippen LogP contribution is 2.36. The van der Waals surface area contributed by atoms with Crippen LogP contribution in [-0.4, -0.2) is 34.4 Å². The molecule has 7 heteroatoms. The van der Waals surface area contributed by atoms with Crippen LogP contribution in [0.15, 0.2) is 28.9 Å². The molecule has 1 N–H and O–H groups in total. The molecule has 0 aliphatic carbocycles. The van der Waals surface area contributed by atoms with Gasteiger partial charge < -0.3 is 10.1 Å². The standard InChI is InChI=1S/C14H18N4OS2/c1-10(11-4-2-6-15-8-11)20-14-18-17-13(21-14)16-9-12-5-3-7-19-12/h2,4,6,8,10,12H,3,5,7,9H2,1H3,(H,16,17)/t10-,12-/m0/s1. The van der Waals surface area contributed by atoms with Crippen molar-refractivity contribution >= 4 is 28.2 Å². The van der Waals surface area contributed by atoms with Crippen LogP contribution in [0.4, 0.5) is 5.13 Å². The maximum absolute atomic E-state index is 5.59. The minimum Gasteiger partial charge on any atom is -0.376 e. The normalized spacial score (nSPS) is 19.6. The van der Waals surface area contributed by atoms with Gasteiger partial charge in [-0.3, -0.25) is 4.98 Å². The van der Waals surface area contributed by atoms with Gasteiger partial charge in [-0.2, -0.15) is 0 Å². The molecule has 2 aromatic heterocycles. The lowest BCUT2D eigenvalue weighted by Crippen LogP contribution is -2.18. The molecular formula is C14H18N4OS2. The average Bonchev–Trinajstić information content (AvgIpc) is 3.17. The molecule has 21 heavy (non-hydrogen) atoms. The molecule has 0 spiro atoms. The molecule has 3 heterocycles. The van der Waals surface area contributed by atoms with Crippen LogP contribution in [0.5, 0.6) is 0 Å². The summed E-state index contributed by atoms with van der Waals surface area (Å²) in [5.74, 6) is 0. The third-order valence-electron chi connectivity index (χ3n) is 3.34. The van der Waals surface area contributed by atoms with Crippen LogP contribution in [0.3, 0.4) is 0 Å². The van der Waals surface area contributed by atoms with Crippen LogP contribution >= 0.6 is 23.1 Å². The van der Waals surface area contributed by atoms with Gasteiger partial charge in [-0.15, -0.1) is 10.2 Å². The van der Waals surface area contributed by atoms with E-state index in [1.165, 1.54) is 5.56 Å². The summed E-state index contributed by atoms with van der Waals surface area (Å²) in [6.07, 6.45) is 6.30. The fourth-order valence-electron chi connectivity index (χ4n) is 2.17. The summed E-state index contributed by atoms with van der Waals surface area (Å²) in [6, 6.07) is 4.05. The lowest BCUT2D eigenvalue weighted by Gasteiger charge is -2.09. The minimum absolute atomic E-state index is 0.317. The Labute approximate surface area is 132 Å². The highest BCUT2D eigenvalue weighted by molar-refractivity contribution is 8.01. The molecule has 1 fully saturated rings. The molecule has 1 aliphatic rings. The molecule has 2 aromatic rings. The predicted octanol–water partition coefficient (Wildman–Crippen LogP) is 3.38. The summed E-state index contributed by atoms with van der Waals surface area (Å²) in [7, 11) is 0. The van der Waals surface area contributed by atoms with Crippen molar-refractivity contribution in [2.75, 3.05) is 18.5 Å². The van der Waals surface area contributed by atoms with Crippen molar-refractivity contribution in [1.82, 2.24) is 15.2 Å². The van der Waals surface area contributed by atoms with Crippen molar-refractivity contribution in [3.63, 3.8) is 0 Å². The number of rotatable bonds is 6. The van der Waals surface area contributed by atoms with Crippen LogP contribution in [0.25, 0.3) is 0 Å². The van der Waals surface area contributed by atoms with E-state index in [4.69, 9.17) is 4.74 Å². The van der Waals surface area contributed by atoms with Crippen molar-refractivity contribution < 1.29 is 4.74 Å². The number of aromatic nitrogens is 3. The van der Waals surface area contributed by atoms with Crippen LogP contribution < -0.4 is 5.32 Å². The molecule has 0 saturated carbocycles. The first-order valence-electron chi connectivity index (χ1n) is 7.07. The smallest absolute Gasteiger partial charge is 0.206 e. The number of pyridine rings is 1. The van der Waals surface area contributed by atoms with E-state index in [2.05, 4.69) is 33.5 Å². The van der Waals surface area contributed by atoms with E-state index in [9.17, 15) is 0 Å². The van der Waals surface area contributed by atoms with Gasteiger partial charge in [-0.1, -0.05) is 29.2 Å². The maximum atomic E-state index is 5.59. The lowest BCUT2D eigenvalue weighted by molar-refractivity contribution is 0.120. The second kappa shape index (κ2) is 7.20. The van der Waals surface area contributed by atoms with Crippen molar-refractivity contribution in [2.24, 2.45) is 0 Å². The first-order chi connectivity index (χ1) is 10.3. The molecule has 0 aromatic carbocycles. The Morgan fingerprint density at radius 3 is 3.24 bits per heavy atom. The molecule has 3 rings (SSSR count). The van der Waals surface area contributed by atoms with Gasteiger partial charge in [-0.25, -0.2) is 0 Å². The van der Waals surface area contributed by atoms with E-state index in [0.717, 1.165) is 35.5 Å². The molecule has 0 bridgehead atoms. The largest absolute Gasteiger partial charge is 0.376 e. The van der Waals surface area contributed by atoms with Gasteiger partial charge in [0.25, 0.3) is 0 Å². The summed E-state index contributed by atoms with van der Waals surface area (Å²) < 4.78 is 6.56. The molecule has 0 amide bonds. The van der Waals surface area contributed by atoms with Crippen LogP contribution in [0, 0.1) is 0 Å². The summed E-state index contributed by atoms with van der Waals surface area (Å²) in [6.45, 7) is 3.85. The Bertz CT molecular complexity index is 557. The Balaban J connectivity index is 1.52. The zero-order valence-corrected chi connectivity index (χ0v) is 13.5. The fourth-order valence-corrected chi connectivity index (χ4v) is 4.18. The maximum Gasteiger partial charge on any atom is 0.206 e. The fraction of sp³-hybridized carbons (Fsp3) is 0.500. The SMILES string of the molecule is C[C@H](Sc1nnc(NC[C@@H]2CCCO2)s1)c1cccnc1. The molecule has 1 aliphatic heterocycles. The van der Waals surface area contributed by atoms with Gasteiger partial charge in [0.1, 0.15) is 0 Å². The van der Waals surface area contributed by atoms with E-state index in [0.29, 0.717) is 11.4 Å². The first-order valence-corrected chi connectivity index (χ1v) is 8.76. The third kappa shape index (κ3) is 4.15. The topological polar surface area (TPSA) is 59.9 Å². The van der Waals surface area contributed by atoms with Gasteiger partial charge in [0, 0.05) is 30.8 Å². The molecule has 1 saturated heterocycles. The second-order valence-corrected chi connectivity index (χ2v) is 7.50.